The van der Waals surface area contributed by atoms with Crippen LogP contribution in [0.25, 0.3) is 0 Å². The first kappa shape index (κ1) is 22.7. The maximum Gasteiger partial charge on any atom is 0.320 e. The first-order valence-corrected chi connectivity index (χ1v) is 11.1. The van der Waals surface area contributed by atoms with E-state index in [0.29, 0.717) is 59.7 Å². The summed E-state index contributed by atoms with van der Waals surface area (Å²) >= 11 is 6.07. The minimum Gasteiger partial charge on any atom is -0.496 e. The highest BCUT2D eigenvalue weighted by atomic mass is 35.5. The van der Waals surface area contributed by atoms with Gasteiger partial charge in [0.15, 0.2) is 0 Å². The first-order valence-electron chi connectivity index (χ1n) is 10.8. The number of nitrogens with one attached hydrogen (secondary N) is 1. The number of fused-ring (bicyclic) bond motifs is 2. The van der Waals surface area contributed by atoms with Crippen molar-refractivity contribution in [3.8, 4) is 5.75 Å². The van der Waals surface area contributed by atoms with Crippen LogP contribution in [0.15, 0.2) is 12.1 Å². The van der Waals surface area contributed by atoms with Crippen LogP contribution in [0.2, 0.25) is 5.02 Å². The van der Waals surface area contributed by atoms with Crippen LogP contribution >= 0.6 is 11.6 Å². The molecule has 1 aromatic rings. The Labute approximate surface area is 183 Å². The van der Waals surface area contributed by atoms with Gasteiger partial charge in [0.25, 0.3) is 5.91 Å². The summed E-state index contributed by atoms with van der Waals surface area (Å²) in [6, 6.07) is 3.97. The van der Waals surface area contributed by atoms with E-state index >= 15 is 0 Å². The molecule has 0 saturated carbocycles. The maximum absolute atomic E-state index is 12.6. The van der Waals surface area contributed by atoms with Gasteiger partial charge in [-0.25, -0.2) is 0 Å². The number of hydrogen-bond acceptors (Lipinski definition) is 6. The Hall–Kier alpha value is -1.99. The van der Waals surface area contributed by atoms with Crippen LogP contribution in [0, 0.1) is 5.92 Å². The number of carbonyl (C=O) groups is 2. The molecule has 2 unspecified atom stereocenters. The summed E-state index contributed by atoms with van der Waals surface area (Å²) in [5.74, 6) is 0.608. The number of ether oxygens (including phenoxy) is 2. The topological polar surface area (TPSA) is 93.9 Å². The minimum atomic E-state index is -0.214. The number of halogens is 1. The molecule has 7 nitrogen and oxygen atoms in total. The molecule has 0 spiro atoms. The fourth-order valence-corrected chi connectivity index (χ4v) is 5.00. The lowest BCUT2D eigenvalue weighted by Crippen LogP contribution is -2.54. The second-order valence-electron chi connectivity index (χ2n) is 8.17. The third kappa shape index (κ3) is 5.38. The Morgan fingerprint density at radius 2 is 1.97 bits per heavy atom. The lowest BCUT2D eigenvalue weighted by atomic mass is 9.77. The Morgan fingerprint density at radius 1 is 1.27 bits per heavy atom. The van der Waals surface area contributed by atoms with Gasteiger partial charge in [0, 0.05) is 24.7 Å². The van der Waals surface area contributed by atoms with E-state index in [4.69, 9.17) is 26.8 Å². The molecule has 2 heterocycles. The summed E-state index contributed by atoms with van der Waals surface area (Å²) in [4.78, 5) is 26.9. The van der Waals surface area contributed by atoms with Crippen molar-refractivity contribution in [3.05, 3.63) is 22.7 Å². The number of anilines is 1. The number of nitrogens with two attached hydrogens (primary N) is 1. The van der Waals surface area contributed by atoms with Crippen molar-refractivity contribution < 1.29 is 19.1 Å². The third-order valence-corrected chi connectivity index (χ3v) is 6.57. The van der Waals surface area contributed by atoms with Crippen LogP contribution < -0.4 is 15.8 Å². The minimum absolute atomic E-state index is 0.129. The zero-order chi connectivity index (χ0) is 21.7. The van der Waals surface area contributed by atoms with Crippen molar-refractivity contribution in [2.24, 2.45) is 5.92 Å². The van der Waals surface area contributed by atoms with Crippen molar-refractivity contribution in [2.45, 2.75) is 57.5 Å². The number of nitrogen functional groups attached to an aromatic ring is 1. The normalized spacial score (nSPS) is 23.6. The monoisotopic (exact) mass is 437 g/mol. The third-order valence-electron chi connectivity index (χ3n) is 6.24. The van der Waals surface area contributed by atoms with E-state index in [1.54, 1.807) is 12.1 Å². The number of nitrogens with zero attached hydrogens (tertiary/aromatic N) is 1. The van der Waals surface area contributed by atoms with E-state index in [-0.39, 0.29) is 11.9 Å². The number of hydrogen-bond donors (Lipinski definition) is 2. The molecule has 0 aliphatic carbocycles. The average Bonchev–Trinajstić information content (AvgIpc) is 2.70. The smallest absolute Gasteiger partial charge is 0.320 e. The van der Waals surface area contributed by atoms with Crippen molar-refractivity contribution >= 4 is 29.2 Å². The molecule has 8 heteroatoms. The second-order valence-corrected chi connectivity index (χ2v) is 8.58. The predicted octanol–water partition coefficient (Wildman–Crippen LogP) is 3.25. The number of rotatable bonds is 8. The van der Waals surface area contributed by atoms with E-state index < -0.39 is 0 Å². The Balaban J connectivity index is 1.52. The highest BCUT2D eigenvalue weighted by Gasteiger charge is 2.39. The van der Waals surface area contributed by atoms with Crippen LogP contribution in [0.3, 0.4) is 0 Å². The van der Waals surface area contributed by atoms with E-state index in [1.165, 1.54) is 13.5 Å². The average molecular weight is 438 g/mol. The van der Waals surface area contributed by atoms with Crippen LogP contribution in [0.4, 0.5) is 5.69 Å². The zero-order valence-corrected chi connectivity index (χ0v) is 18.5. The van der Waals surface area contributed by atoms with E-state index in [9.17, 15) is 9.59 Å². The molecule has 2 atom stereocenters. The molecule has 30 heavy (non-hydrogen) atoms. The number of benzene rings is 1. The molecule has 1 amide bonds. The van der Waals surface area contributed by atoms with Gasteiger partial charge in [-0.2, -0.15) is 0 Å². The van der Waals surface area contributed by atoms with Gasteiger partial charge in [-0.05, 0) is 51.0 Å². The molecule has 2 aliphatic rings. The molecule has 1 aromatic carbocycles. The fraction of sp³-hybridized carbons (Fsp3) is 0.636. The van der Waals surface area contributed by atoms with Crippen molar-refractivity contribution in [2.75, 3.05) is 32.5 Å². The van der Waals surface area contributed by atoms with Gasteiger partial charge < -0.3 is 20.5 Å². The molecule has 0 radical (unpaired) electrons. The van der Waals surface area contributed by atoms with Crippen molar-refractivity contribution in [1.29, 1.82) is 0 Å². The molecule has 0 aromatic heterocycles. The van der Waals surface area contributed by atoms with E-state index in [1.807, 2.05) is 6.92 Å². The largest absolute Gasteiger partial charge is 0.496 e. The lowest BCUT2D eigenvalue weighted by Gasteiger charge is -2.48. The molecule has 2 saturated heterocycles. The summed E-state index contributed by atoms with van der Waals surface area (Å²) in [7, 11) is 1.50. The van der Waals surface area contributed by atoms with E-state index in [2.05, 4.69) is 10.2 Å². The Morgan fingerprint density at radius 3 is 2.60 bits per heavy atom. The van der Waals surface area contributed by atoms with Crippen LogP contribution in [-0.2, 0) is 9.53 Å². The standard InChI is InChI=1S/C22H32ClN3O4/c1-3-30-21(27)13-26-15-5-4-6-16(26)10-14(9-15)7-8-25-22(28)17-11-18(23)19(24)12-20(17)29-2/h11-12,14-16H,3-10,13,24H2,1-2H3,(H,25,28). The number of piperidine rings is 2. The number of carbonyl (C=O) groups excluding carboxylic acids is 2. The van der Waals surface area contributed by atoms with Gasteiger partial charge in [0.1, 0.15) is 5.75 Å². The number of methoxy groups -OCH3 is 1. The predicted molar refractivity (Wildman–Crippen MR) is 117 cm³/mol. The summed E-state index contributed by atoms with van der Waals surface area (Å²) in [5, 5.41) is 3.32. The highest BCUT2D eigenvalue weighted by molar-refractivity contribution is 6.33. The van der Waals surface area contributed by atoms with Crippen molar-refractivity contribution in [1.82, 2.24) is 10.2 Å². The molecular formula is C22H32ClN3O4. The van der Waals surface area contributed by atoms with Gasteiger partial charge in [0.05, 0.1) is 36.5 Å². The van der Waals surface area contributed by atoms with Gasteiger partial charge in [0.2, 0.25) is 0 Å². The molecule has 3 rings (SSSR count). The van der Waals surface area contributed by atoms with Gasteiger partial charge >= 0.3 is 5.97 Å². The first-order chi connectivity index (χ1) is 14.4. The quantitative estimate of drug-likeness (QED) is 0.479. The van der Waals surface area contributed by atoms with Crippen LogP contribution in [-0.4, -0.2) is 55.7 Å². The van der Waals surface area contributed by atoms with Crippen LogP contribution in [0.1, 0.15) is 55.8 Å². The molecule has 2 fully saturated rings. The van der Waals surface area contributed by atoms with E-state index in [0.717, 1.165) is 32.1 Å². The fourth-order valence-electron chi connectivity index (χ4n) is 4.84. The van der Waals surface area contributed by atoms with Crippen molar-refractivity contribution in [3.63, 3.8) is 0 Å². The van der Waals surface area contributed by atoms with Gasteiger partial charge in [-0.3, -0.25) is 14.5 Å². The lowest BCUT2D eigenvalue weighted by molar-refractivity contribution is -0.147. The summed E-state index contributed by atoms with van der Waals surface area (Å²) in [6.07, 6.45) is 6.50. The zero-order valence-electron chi connectivity index (χ0n) is 17.8. The highest BCUT2D eigenvalue weighted by Crippen LogP contribution is 2.38. The molecular weight excluding hydrogens is 406 g/mol. The molecule has 2 aliphatic heterocycles. The maximum atomic E-state index is 12.6. The molecule has 2 bridgehead atoms. The molecule has 3 N–H and O–H groups in total. The summed E-state index contributed by atoms with van der Waals surface area (Å²) in [5.41, 5.74) is 6.56. The SMILES string of the molecule is CCOC(=O)CN1C2CCCC1CC(CCNC(=O)c1cc(Cl)c(N)cc1OC)C2. The summed E-state index contributed by atoms with van der Waals surface area (Å²) < 4.78 is 10.4. The van der Waals surface area contributed by atoms with Gasteiger partial charge in [-0.15, -0.1) is 0 Å². The van der Waals surface area contributed by atoms with Gasteiger partial charge in [-0.1, -0.05) is 18.0 Å². The summed E-state index contributed by atoms with van der Waals surface area (Å²) in [6.45, 7) is 3.25. The Bertz CT molecular complexity index is 759. The molecule has 166 valence electrons. The number of amides is 1. The number of esters is 1. The Kier molecular flexibility index (Phi) is 7.83. The van der Waals surface area contributed by atoms with Crippen LogP contribution in [0.5, 0.6) is 5.75 Å². The second kappa shape index (κ2) is 10.4.